The first-order valence-electron chi connectivity index (χ1n) is 3.98. The van der Waals surface area contributed by atoms with Crippen LogP contribution < -0.4 is 5.73 Å². The lowest BCUT2D eigenvalue weighted by atomic mass is 9.90. The number of aryl methyl sites for hydroxylation is 1. The highest BCUT2D eigenvalue weighted by Crippen LogP contribution is 2.26. The molecule has 0 saturated carbocycles. The van der Waals surface area contributed by atoms with Crippen LogP contribution in [0, 0.1) is 5.92 Å². The number of rotatable bonds is 1. The van der Waals surface area contributed by atoms with E-state index in [1.807, 2.05) is 5.51 Å². The predicted molar refractivity (Wildman–Crippen MR) is 46.8 cm³/mol. The molecular formula is C8H10N2OS. The maximum Gasteiger partial charge on any atom is 0.220 e. The third-order valence-electron chi connectivity index (χ3n) is 2.29. The van der Waals surface area contributed by atoms with Crippen LogP contribution in [0.5, 0.6) is 0 Å². The molecule has 64 valence electrons. The summed E-state index contributed by atoms with van der Waals surface area (Å²) >= 11 is 1.68. The van der Waals surface area contributed by atoms with Crippen molar-refractivity contribution >= 4 is 17.2 Å². The van der Waals surface area contributed by atoms with Gasteiger partial charge in [-0.05, 0) is 12.8 Å². The highest BCUT2D eigenvalue weighted by molar-refractivity contribution is 7.09. The van der Waals surface area contributed by atoms with Crippen molar-refractivity contribution in [1.82, 2.24) is 4.98 Å². The van der Waals surface area contributed by atoms with Gasteiger partial charge in [-0.15, -0.1) is 11.3 Å². The SMILES string of the molecule is NC(=O)C1CCc2scnc2C1. The Morgan fingerprint density at radius 3 is 3.33 bits per heavy atom. The molecule has 4 heteroatoms. The number of hydrogen-bond donors (Lipinski definition) is 1. The number of primary amides is 1. The summed E-state index contributed by atoms with van der Waals surface area (Å²) in [5.74, 6) is -0.173. The molecule has 0 radical (unpaired) electrons. The summed E-state index contributed by atoms with van der Waals surface area (Å²) in [5.41, 5.74) is 8.15. The maximum atomic E-state index is 10.9. The van der Waals surface area contributed by atoms with Crippen molar-refractivity contribution in [3.63, 3.8) is 0 Å². The van der Waals surface area contributed by atoms with E-state index in [4.69, 9.17) is 5.73 Å². The van der Waals surface area contributed by atoms with Gasteiger partial charge in [-0.3, -0.25) is 4.79 Å². The second-order valence-corrected chi connectivity index (χ2v) is 4.00. The van der Waals surface area contributed by atoms with E-state index in [0.717, 1.165) is 25.0 Å². The molecular weight excluding hydrogens is 172 g/mol. The van der Waals surface area contributed by atoms with Crippen molar-refractivity contribution in [3.05, 3.63) is 16.1 Å². The van der Waals surface area contributed by atoms with Gasteiger partial charge in [-0.25, -0.2) is 4.98 Å². The molecule has 1 unspecified atom stereocenters. The number of fused-ring (bicyclic) bond motifs is 1. The Morgan fingerprint density at radius 2 is 2.58 bits per heavy atom. The molecule has 1 aliphatic rings. The number of hydrogen-bond acceptors (Lipinski definition) is 3. The van der Waals surface area contributed by atoms with Crippen LogP contribution in [0.1, 0.15) is 17.0 Å². The van der Waals surface area contributed by atoms with Crippen molar-refractivity contribution in [2.45, 2.75) is 19.3 Å². The van der Waals surface area contributed by atoms with E-state index in [1.54, 1.807) is 11.3 Å². The second kappa shape index (κ2) is 2.86. The Bertz CT molecular complexity index is 308. The monoisotopic (exact) mass is 182 g/mol. The summed E-state index contributed by atoms with van der Waals surface area (Å²) in [5, 5.41) is 0. The molecule has 2 rings (SSSR count). The van der Waals surface area contributed by atoms with E-state index < -0.39 is 0 Å². The third-order valence-corrected chi connectivity index (χ3v) is 3.22. The van der Waals surface area contributed by atoms with Gasteiger partial charge >= 0.3 is 0 Å². The summed E-state index contributed by atoms with van der Waals surface area (Å²) in [4.78, 5) is 16.4. The van der Waals surface area contributed by atoms with Gasteiger partial charge in [0.25, 0.3) is 0 Å². The van der Waals surface area contributed by atoms with Crippen LogP contribution in [0.3, 0.4) is 0 Å². The Labute approximate surface area is 74.6 Å². The first-order chi connectivity index (χ1) is 5.77. The maximum absolute atomic E-state index is 10.9. The number of nitrogens with zero attached hydrogens (tertiary/aromatic N) is 1. The molecule has 2 N–H and O–H groups in total. The molecule has 0 aliphatic heterocycles. The molecule has 1 aromatic heterocycles. The van der Waals surface area contributed by atoms with E-state index in [1.165, 1.54) is 4.88 Å². The minimum Gasteiger partial charge on any atom is -0.369 e. The molecule has 0 bridgehead atoms. The standard InChI is InChI=1S/C8H10N2OS/c9-8(11)5-1-2-7-6(3-5)10-4-12-7/h4-5H,1-3H2,(H2,9,11). The number of carbonyl (C=O) groups excluding carboxylic acids is 1. The van der Waals surface area contributed by atoms with Gasteiger partial charge in [-0.2, -0.15) is 0 Å². The summed E-state index contributed by atoms with van der Waals surface area (Å²) in [6, 6.07) is 0. The number of carbonyl (C=O) groups is 1. The average Bonchev–Trinajstić information content (AvgIpc) is 2.49. The molecule has 3 nitrogen and oxygen atoms in total. The molecule has 1 heterocycles. The second-order valence-electron chi connectivity index (χ2n) is 3.06. The molecule has 12 heavy (non-hydrogen) atoms. The van der Waals surface area contributed by atoms with Crippen molar-refractivity contribution in [3.8, 4) is 0 Å². The fourth-order valence-corrected chi connectivity index (χ4v) is 2.36. The topological polar surface area (TPSA) is 56.0 Å². The summed E-state index contributed by atoms with van der Waals surface area (Å²) in [7, 11) is 0. The van der Waals surface area contributed by atoms with E-state index in [9.17, 15) is 4.79 Å². The molecule has 0 spiro atoms. The molecule has 1 aromatic rings. The molecule has 1 aliphatic carbocycles. The van der Waals surface area contributed by atoms with E-state index >= 15 is 0 Å². The fraction of sp³-hybridized carbons (Fsp3) is 0.500. The van der Waals surface area contributed by atoms with Crippen molar-refractivity contribution in [2.24, 2.45) is 11.7 Å². The van der Waals surface area contributed by atoms with Crippen LogP contribution in [0.25, 0.3) is 0 Å². The minimum atomic E-state index is -0.186. The molecule has 0 aromatic carbocycles. The third kappa shape index (κ3) is 1.22. The highest BCUT2D eigenvalue weighted by atomic mass is 32.1. The van der Waals surface area contributed by atoms with Crippen LogP contribution >= 0.6 is 11.3 Å². The molecule has 0 saturated heterocycles. The fourth-order valence-electron chi connectivity index (χ4n) is 1.55. The van der Waals surface area contributed by atoms with Crippen molar-refractivity contribution < 1.29 is 4.79 Å². The Balaban J connectivity index is 2.20. The highest BCUT2D eigenvalue weighted by Gasteiger charge is 2.24. The van der Waals surface area contributed by atoms with Gasteiger partial charge in [0.15, 0.2) is 0 Å². The minimum absolute atomic E-state index is 0.0135. The first-order valence-corrected chi connectivity index (χ1v) is 4.86. The largest absolute Gasteiger partial charge is 0.369 e. The van der Waals surface area contributed by atoms with Crippen LogP contribution in [-0.4, -0.2) is 10.9 Å². The Hall–Kier alpha value is -0.900. The lowest BCUT2D eigenvalue weighted by molar-refractivity contribution is -0.122. The summed E-state index contributed by atoms with van der Waals surface area (Å²) in [6.07, 6.45) is 2.60. The smallest absolute Gasteiger partial charge is 0.220 e. The van der Waals surface area contributed by atoms with Gasteiger partial charge < -0.3 is 5.73 Å². The number of aromatic nitrogens is 1. The zero-order valence-electron chi connectivity index (χ0n) is 6.62. The van der Waals surface area contributed by atoms with Crippen LogP contribution in [0.2, 0.25) is 0 Å². The number of thiazole rings is 1. The summed E-state index contributed by atoms with van der Waals surface area (Å²) in [6.45, 7) is 0. The predicted octanol–water partition coefficient (Wildman–Crippen LogP) is 0.733. The normalized spacial score (nSPS) is 21.8. The first kappa shape index (κ1) is 7.73. The molecule has 1 amide bonds. The Morgan fingerprint density at radius 1 is 1.75 bits per heavy atom. The Kier molecular flexibility index (Phi) is 1.84. The van der Waals surface area contributed by atoms with Crippen molar-refractivity contribution in [2.75, 3.05) is 0 Å². The molecule has 0 fully saturated rings. The van der Waals surface area contributed by atoms with E-state index in [2.05, 4.69) is 4.98 Å². The van der Waals surface area contributed by atoms with Gasteiger partial charge in [-0.1, -0.05) is 0 Å². The van der Waals surface area contributed by atoms with Crippen molar-refractivity contribution in [1.29, 1.82) is 0 Å². The summed E-state index contributed by atoms with van der Waals surface area (Å²) < 4.78 is 0. The number of amides is 1. The zero-order valence-corrected chi connectivity index (χ0v) is 7.43. The van der Waals surface area contributed by atoms with Gasteiger partial charge in [0.1, 0.15) is 0 Å². The number of nitrogens with two attached hydrogens (primary N) is 1. The molecule has 1 atom stereocenters. The van der Waals surface area contributed by atoms with Crippen LogP contribution in [-0.2, 0) is 17.6 Å². The lowest BCUT2D eigenvalue weighted by Crippen LogP contribution is -2.28. The van der Waals surface area contributed by atoms with E-state index in [-0.39, 0.29) is 11.8 Å². The van der Waals surface area contributed by atoms with Gasteiger partial charge in [0, 0.05) is 17.2 Å². The van der Waals surface area contributed by atoms with Crippen LogP contribution in [0.4, 0.5) is 0 Å². The average molecular weight is 182 g/mol. The van der Waals surface area contributed by atoms with Gasteiger partial charge in [0.2, 0.25) is 5.91 Å². The zero-order chi connectivity index (χ0) is 8.55. The quantitative estimate of drug-likeness (QED) is 0.696. The van der Waals surface area contributed by atoms with E-state index in [0.29, 0.717) is 0 Å². The lowest BCUT2D eigenvalue weighted by Gasteiger charge is -2.17. The van der Waals surface area contributed by atoms with Gasteiger partial charge in [0.05, 0.1) is 11.2 Å². The van der Waals surface area contributed by atoms with Crippen LogP contribution in [0.15, 0.2) is 5.51 Å².